The predicted molar refractivity (Wildman–Crippen MR) is 121 cm³/mol. The lowest BCUT2D eigenvalue weighted by Gasteiger charge is -2.40. The largest absolute Gasteiger partial charge is 0.490 e. The first-order valence-corrected chi connectivity index (χ1v) is 9.90. The maximum atomic E-state index is 13.3. The van der Waals surface area contributed by atoms with Crippen molar-refractivity contribution in [1.82, 2.24) is 4.98 Å². The summed E-state index contributed by atoms with van der Waals surface area (Å²) in [6.45, 7) is 4.38. The van der Waals surface area contributed by atoms with Gasteiger partial charge in [0.25, 0.3) is 0 Å². The number of hydrogen-bond acceptors (Lipinski definition) is 5. The van der Waals surface area contributed by atoms with Crippen molar-refractivity contribution in [2.45, 2.75) is 59.7 Å². The summed E-state index contributed by atoms with van der Waals surface area (Å²) in [7, 11) is 1.88. The lowest BCUT2D eigenvalue weighted by Crippen LogP contribution is -2.50. The Kier molecular flexibility index (Phi) is 7.64. The summed E-state index contributed by atoms with van der Waals surface area (Å²) >= 11 is 0. The Morgan fingerprint density at radius 3 is 2.34 bits per heavy atom. The van der Waals surface area contributed by atoms with E-state index >= 15 is 0 Å². The Morgan fingerprint density at radius 1 is 1.12 bits per heavy atom. The van der Waals surface area contributed by atoms with Gasteiger partial charge in [0.1, 0.15) is 23.7 Å². The molecule has 6 nitrogen and oxygen atoms in total. The SMILES string of the molecule is C.C.CCN1C(=O)C(C)N(C)c2cc(NC3CC(Oc4cc(F)c(F)c(F)c4)C3)ncc21. The number of hydrogen-bond donors (Lipinski definition) is 1. The van der Waals surface area contributed by atoms with Gasteiger partial charge in [-0.15, -0.1) is 0 Å². The molecule has 1 N–H and O–H groups in total. The molecule has 176 valence electrons. The van der Waals surface area contributed by atoms with E-state index in [2.05, 4.69) is 10.3 Å². The van der Waals surface area contributed by atoms with Crippen molar-refractivity contribution < 1.29 is 22.7 Å². The number of pyridine rings is 1. The van der Waals surface area contributed by atoms with Crippen molar-refractivity contribution in [1.29, 1.82) is 0 Å². The van der Waals surface area contributed by atoms with Crippen LogP contribution in [0.5, 0.6) is 5.75 Å². The molecule has 1 fully saturated rings. The molecule has 1 aromatic carbocycles. The normalized spacial score (nSPS) is 21.7. The number of rotatable bonds is 5. The van der Waals surface area contributed by atoms with E-state index in [4.69, 9.17) is 4.74 Å². The summed E-state index contributed by atoms with van der Waals surface area (Å²) < 4.78 is 45.2. The highest BCUT2D eigenvalue weighted by Gasteiger charge is 2.35. The molecule has 1 aliphatic carbocycles. The third kappa shape index (κ3) is 4.47. The van der Waals surface area contributed by atoms with Gasteiger partial charge in [0.05, 0.1) is 17.6 Å². The van der Waals surface area contributed by atoms with E-state index in [0.29, 0.717) is 25.2 Å². The second-order valence-electron chi connectivity index (χ2n) is 7.68. The minimum atomic E-state index is -1.50. The molecular formula is C23H31F3N4O2. The third-order valence-corrected chi connectivity index (χ3v) is 5.76. The smallest absolute Gasteiger partial charge is 0.249 e. The highest BCUT2D eigenvalue weighted by atomic mass is 19.2. The molecule has 1 atom stereocenters. The minimum Gasteiger partial charge on any atom is -0.490 e. The van der Waals surface area contributed by atoms with Crippen LogP contribution < -0.4 is 19.9 Å². The molecule has 2 aliphatic rings. The van der Waals surface area contributed by atoms with Crippen LogP contribution in [0.4, 0.5) is 30.4 Å². The molecular weight excluding hydrogens is 421 g/mol. The van der Waals surface area contributed by atoms with Crippen LogP contribution >= 0.6 is 0 Å². The zero-order chi connectivity index (χ0) is 21.6. The number of nitrogens with one attached hydrogen (secondary N) is 1. The molecule has 0 bridgehead atoms. The Bertz CT molecular complexity index is 959. The van der Waals surface area contributed by atoms with Crippen LogP contribution in [0, 0.1) is 17.5 Å². The molecule has 1 aliphatic heterocycles. The third-order valence-electron chi connectivity index (χ3n) is 5.76. The average molecular weight is 453 g/mol. The van der Waals surface area contributed by atoms with Crippen LogP contribution in [0.1, 0.15) is 41.5 Å². The summed E-state index contributed by atoms with van der Waals surface area (Å²) in [5, 5.41) is 3.33. The summed E-state index contributed by atoms with van der Waals surface area (Å²) in [5.41, 5.74) is 1.70. The molecule has 1 amide bonds. The summed E-state index contributed by atoms with van der Waals surface area (Å²) in [6, 6.07) is 3.45. The van der Waals surface area contributed by atoms with Crippen molar-refractivity contribution in [2.75, 3.05) is 28.7 Å². The fourth-order valence-electron chi connectivity index (χ4n) is 3.83. The number of aromatic nitrogens is 1. The van der Waals surface area contributed by atoms with Crippen LogP contribution in [0.25, 0.3) is 0 Å². The lowest BCUT2D eigenvalue weighted by molar-refractivity contribution is -0.119. The van der Waals surface area contributed by atoms with Crippen LogP contribution in [-0.4, -0.2) is 42.7 Å². The molecule has 32 heavy (non-hydrogen) atoms. The van der Waals surface area contributed by atoms with Crippen molar-refractivity contribution in [2.24, 2.45) is 0 Å². The van der Waals surface area contributed by atoms with Gasteiger partial charge < -0.3 is 19.9 Å². The molecule has 9 heteroatoms. The van der Waals surface area contributed by atoms with Gasteiger partial charge in [-0.05, 0) is 13.8 Å². The van der Waals surface area contributed by atoms with E-state index in [9.17, 15) is 18.0 Å². The number of anilines is 3. The minimum absolute atomic E-state index is 0. The number of nitrogens with zero attached hydrogens (tertiary/aromatic N) is 3. The Hall–Kier alpha value is -2.97. The van der Waals surface area contributed by atoms with Gasteiger partial charge in [0.15, 0.2) is 17.5 Å². The lowest BCUT2D eigenvalue weighted by atomic mass is 9.89. The molecule has 4 rings (SSSR count). The van der Waals surface area contributed by atoms with Gasteiger partial charge in [0, 0.05) is 50.7 Å². The quantitative estimate of drug-likeness (QED) is 0.648. The molecule has 1 aromatic heterocycles. The summed E-state index contributed by atoms with van der Waals surface area (Å²) in [5.74, 6) is -3.34. The van der Waals surface area contributed by atoms with Gasteiger partial charge in [-0.1, -0.05) is 14.9 Å². The monoisotopic (exact) mass is 452 g/mol. The maximum Gasteiger partial charge on any atom is 0.249 e. The predicted octanol–water partition coefficient (Wildman–Crippen LogP) is 4.98. The Labute approximate surface area is 187 Å². The Morgan fingerprint density at radius 2 is 1.75 bits per heavy atom. The van der Waals surface area contributed by atoms with E-state index in [1.165, 1.54) is 0 Å². The standard InChI is InChI=1S/C21H23F3N4O2.2CH4/c1-4-28-18-10-25-19(9-17(18)27(3)11(2)21(28)29)26-12-5-13(6-12)30-14-7-15(22)20(24)16(23)8-14;;/h7-13H,4-6H2,1-3H3,(H,25,26);2*1H4. The summed E-state index contributed by atoms with van der Waals surface area (Å²) in [6.07, 6.45) is 2.70. The van der Waals surface area contributed by atoms with Gasteiger partial charge in [-0.3, -0.25) is 4.79 Å². The van der Waals surface area contributed by atoms with Crippen LogP contribution in [0.15, 0.2) is 24.4 Å². The van der Waals surface area contributed by atoms with Gasteiger partial charge in [0.2, 0.25) is 5.91 Å². The number of amides is 1. The average Bonchev–Trinajstić information content (AvgIpc) is 2.69. The molecule has 2 aromatic rings. The Balaban J connectivity index is 0.00000181. The van der Waals surface area contributed by atoms with Gasteiger partial charge >= 0.3 is 0 Å². The maximum absolute atomic E-state index is 13.3. The van der Waals surface area contributed by atoms with E-state index in [1.54, 1.807) is 11.1 Å². The van der Waals surface area contributed by atoms with Crippen molar-refractivity contribution in [3.8, 4) is 5.75 Å². The van der Waals surface area contributed by atoms with Crippen molar-refractivity contribution in [3.63, 3.8) is 0 Å². The first-order valence-electron chi connectivity index (χ1n) is 9.90. The molecule has 1 unspecified atom stereocenters. The highest BCUT2D eigenvalue weighted by Crippen LogP contribution is 2.37. The van der Waals surface area contributed by atoms with Gasteiger partial charge in [-0.2, -0.15) is 0 Å². The van der Waals surface area contributed by atoms with Crippen LogP contribution in [0.2, 0.25) is 0 Å². The number of ether oxygens (including phenoxy) is 1. The summed E-state index contributed by atoms with van der Waals surface area (Å²) in [4.78, 5) is 20.5. The van der Waals surface area contributed by atoms with E-state index < -0.39 is 17.5 Å². The van der Waals surface area contributed by atoms with Crippen molar-refractivity contribution in [3.05, 3.63) is 41.8 Å². The van der Waals surface area contributed by atoms with Crippen molar-refractivity contribution >= 4 is 23.1 Å². The van der Waals surface area contributed by atoms with Gasteiger partial charge in [-0.25, -0.2) is 18.2 Å². The number of likely N-dealkylation sites (N-methyl/N-ethyl adjacent to an activating group) is 2. The van der Waals surface area contributed by atoms with E-state index in [1.807, 2.05) is 31.9 Å². The second-order valence-corrected chi connectivity index (χ2v) is 7.68. The fourth-order valence-corrected chi connectivity index (χ4v) is 3.83. The van der Waals surface area contributed by atoms with E-state index in [-0.39, 0.29) is 44.7 Å². The topological polar surface area (TPSA) is 57.7 Å². The molecule has 1 saturated carbocycles. The number of fused-ring (bicyclic) bond motifs is 1. The fraction of sp³-hybridized carbons (Fsp3) is 0.478. The first-order chi connectivity index (χ1) is 14.3. The highest BCUT2D eigenvalue weighted by molar-refractivity contribution is 6.05. The zero-order valence-corrected chi connectivity index (χ0v) is 17.0. The van der Waals surface area contributed by atoms with E-state index in [0.717, 1.165) is 23.5 Å². The second kappa shape index (κ2) is 9.67. The zero-order valence-electron chi connectivity index (χ0n) is 17.0. The molecule has 0 saturated heterocycles. The van der Waals surface area contributed by atoms with Crippen LogP contribution in [0.3, 0.4) is 0 Å². The van der Waals surface area contributed by atoms with Crippen LogP contribution in [-0.2, 0) is 4.79 Å². The number of halogens is 3. The number of carbonyl (C=O) groups is 1. The number of carbonyl (C=O) groups excluding carboxylic acids is 1. The number of benzene rings is 1. The molecule has 2 heterocycles. The first kappa shape index (κ1) is 25.3. The molecule has 0 spiro atoms. The molecule has 0 radical (unpaired) electrons.